The van der Waals surface area contributed by atoms with Gasteiger partial charge in [-0.2, -0.15) is 0 Å². The van der Waals surface area contributed by atoms with Crippen LogP contribution in [0.25, 0.3) is 0 Å². The first-order chi connectivity index (χ1) is 12.7. The molecule has 2 heterocycles. The van der Waals surface area contributed by atoms with E-state index in [0.717, 1.165) is 49.7 Å². The molecule has 2 aromatic carbocycles. The predicted molar refractivity (Wildman–Crippen MR) is 106 cm³/mol. The molecule has 0 aromatic heterocycles. The molecule has 2 N–H and O–H groups in total. The van der Waals surface area contributed by atoms with E-state index < -0.39 is 0 Å². The quantitative estimate of drug-likeness (QED) is 0.890. The maximum Gasteiger partial charge on any atom is 0.241 e. The Morgan fingerprint density at radius 3 is 2.81 bits per heavy atom. The molecule has 1 atom stereocenters. The van der Waals surface area contributed by atoms with Gasteiger partial charge in [-0.15, -0.1) is 0 Å². The first kappa shape index (κ1) is 17.1. The van der Waals surface area contributed by atoms with Crippen molar-refractivity contribution in [2.75, 3.05) is 42.9 Å². The van der Waals surface area contributed by atoms with Gasteiger partial charge in [0, 0.05) is 49.3 Å². The van der Waals surface area contributed by atoms with Crippen LogP contribution in [0, 0.1) is 0 Å². The molecule has 0 unspecified atom stereocenters. The lowest BCUT2D eigenvalue weighted by Crippen LogP contribution is -2.52. The first-order valence-electron chi connectivity index (χ1n) is 9.40. The van der Waals surface area contributed by atoms with E-state index in [-0.39, 0.29) is 5.91 Å². The number of benzene rings is 2. The van der Waals surface area contributed by atoms with E-state index in [1.165, 1.54) is 5.56 Å². The average Bonchev–Trinajstić information content (AvgIpc) is 3.06. The summed E-state index contributed by atoms with van der Waals surface area (Å²) in [5.41, 5.74) is 4.38. The molecular formula is C21H26N4O. The zero-order valence-electron chi connectivity index (χ0n) is 15.2. The lowest BCUT2D eigenvalue weighted by atomic mass is 10.1. The van der Waals surface area contributed by atoms with E-state index in [0.29, 0.717) is 12.6 Å². The predicted octanol–water partition coefficient (Wildman–Crippen LogP) is 2.61. The Labute approximate surface area is 155 Å². The summed E-state index contributed by atoms with van der Waals surface area (Å²) in [5.74, 6) is 0.203. The molecular weight excluding hydrogens is 324 g/mol. The molecule has 0 saturated carbocycles. The number of carbonyl (C=O) groups is 1. The molecule has 1 amide bonds. The number of fused-ring (bicyclic) bond motifs is 1. The van der Waals surface area contributed by atoms with Gasteiger partial charge in [-0.3, -0.25) is 9.69 Å². The Bertz CT molecular complexity index is 777. The number of rotatable bonds is 4. The molecule has 0 bridgehead atoms. The van der Waals surface area contributed by atoms with Crippen molar-refractivity contribution in [2.45, 2.75) is 19.4 Å². The maximum absolute atomic E-state index is 12.9. The molecule has 0 spiro atoms. The topological polar surface area (TPSA) is 47.6 Å². The fourth-order valence-corrected chi connectivity index (χ4v) is 3.84. The number of piperazine rings is 1. The fourth-order valence-electron chi connectivity index (χ4n) is 3.84. The summed E-state index contributed by atoms with van der Waals surface area (Å²) in [6.45, 7) is 6.28. The molecule has 136 valence electrons. The van der Waals surface area contributed by atoms with Gasteiger partial charge < -0.3 is 15.5 Å². The average molecular weight is 350 g/mol. The summed E-state index contributed by atoms with van der Waals surface area (Å²) in [6, 6.07) is 16.9. The Morgan fingerprint density at radius 2 is 2.00 bits per heavy atom. The lowest BCUT2D eigenvalue weighted by molar-refractivity contribution is -0.119. The molecule has 5 nitrogen and oxygen atoms in total. The van der Waals surface area contributed by atoms with Crippen LogP contribution >= 0.6 is 0 Å². The summed E-state index contributed by atoms with van der Waals surface area (Å²) in [6.07, 6.45) is 0.935. The van der Waals surface area contributed by atoms with Crippen molar-refractivity contribution in [3.63, 3.8) is 0 Å². The molecule has 1 saturated heterocycles. The Morgan fingerprint density at radius 1 is 1.15 bits per heavy atom. The molecule has 0 radical (unpaired) electrons. The molecule has 2 aromatic rings. The Kier molecular flexibility index (Phi) is 4.91. The van der Waals surface area contributed by atoms with Gasteiger partial charge >= 0.3 is 0 Å². The minimum atomic E-state index is 0.203. The summed E-state index contributed by atoms with van der Waals surface area (Å²) < 4.78 is 0. The first-order valence-corrected chi connectivity index (χ1v) is 9.40. The number of amides is 1. The normalized spacial score (nSPS) is 20.0. The van der Waals surface area contributed by atoms with Gasteiger partial charge in [0.05, 0.1) is 6.54 Å². The van der Waals surface area contributed by atoms with Crippen LogP contribution in [0.3, 0.4) is 0 Å². The number of carbonyl (C=O) groups excluding carboxylic acids is 1. The van der Waals surface area contributed by atoms with Crippen LogP contribution in [0.4, 0.5) is 17.1 Å². The third-order valence-corrected chi connectivity index (χ3v) is 5.16. The van der Waals surface area contributed by atoms with Crippen LogP contribution in [-0.4, -0.2) is 49.6 Å². The molecule has 4 rings (SSSR count). The second kappa shape index (κ2) is 7.48. The number of nitrogens with one attached hydrogen (secondary N) is 2. The Balaban J connectivity index is 1.47. The van der Waals surface area contributed by atoms with Crippen molar-refractivity contribution in [1.82, 2.24) is 10.2 Å². The highest BCUT2D eigenvalue weighted by Crippen LogP contribution is 2.32. The highest BCUT2D eigenvalue weighted by Gasteiger charge is 2.27. The molecule has 1 fully saturated rings. The van der Waals surface area contributed by atoms with E-state index in [1.54, 1.807) is 0 Å². The van der Waals surface area contributed by atoms with E-state index in [9.17, 15) is 4.79 Å². The minimum Gasteiger partial charge on any atom is -0.355 e. The van der Waals surface area contributed by atoms with Gasteiger partial charge in [-0.25, -0.2) is 0 Å². The summed E-state index contributed by atoms with van der Waals surface area (Å²) in [4.78, 5) is 17.1. The summed E-state index contributed by atoms with van der Waals surface area (Å²) >= 11 is 0. The smallest absolute Gasteiger partial charge is 0.241 e. The van der Waals surface area contributed by atoms with E-state index in [4.69, 9.17) is 0 Å². The molecule has 0 aliphatic carbocycles. The van der Waals surface area contributed by atoms with Gasteiger partial charge in [0.2, 0.25) is 5.91 Å². The fraction of sp³-hybridized carbons (Fsp3) is 0.381. The number of hydrogen-bond donors (Lipinski definition) is 2. The van der Waals surface area contributed by atoms with Crippen molar-refractivity contribution in [3.05, 3.63) is 54.1 Å². The summed E-state index contributed by atoms with van der Waals surface area (Å²) in [7, 11) is 0. The van der Waals surface area contributed by atoms with Crippen molar-refractivity contribution in [2.24, 2.45) is 0 Å². The van der Waals surface area contributed by atoms with Crippen molar-refractivity contribution >= 4 is 23.0 Å². The van der Waals surface area contributed by atoms with Gasteiger partial charge in [0.25, 0.3) is 0 Å². The van der Waals surface area contributed by atoms with Gasteiger partial charge in [-0.05, 0) is 43.2 Å². The monoisotopic (exact) mass is 350 g/mol. The maximum atomic E-state index is 12.9. The second-order valence-electron chi connectivity index (χ2n) is 7.22. The molecule has 26 heavy (non-hydrogen) atoms. The minimum absolute atomic E-state index is 0.203. The number of anilines is 3. The van der Waals surface area contributed by atoms with Crippen molar-refractivity contribution in [3.8, 4) is 0 Å². The van der Waals surface area contributed by atoms with E-state index >= 15 is 0 Å². The van der Waals surface area contributed by atoms with Gasteiger partial charge in [-0.1, -0.05) is 24.3 Å². The van der Waals surface area contributed by atoms with Crippen LogP contribution in [0.2, 0.25) is 0 Å². The van der Waals surface area contributed by atoms with Crippen LogP contribution in [-0.2, 0) is 11.2 Å². The molecule has 5 heteroatoms. The van der Waals surface area contributed by atoms with E-state index in [1.807, 2.05) is 35.2 Å². The largest absolute Gasteiger partial charge is 0.355 e. The lowest BCUT2D eigenvalue weighted by Gasteiger charge is -2.32. The number of para-hydroxylation sites is 1. The van der Waals surface area contributed by atoms with Crippen LogP contribution < -0.4 is 15.5 Å². The molecule has 2 aliphatic rings. The van der Waals surface area contributed by atoms with Crippen LogP contribution in [0.5, 0.6) is 0 Å². The zero-order valence-corrected chi connectivity index (χ0v) is 15.2. The second-order valence-corrected chi connectivity index (χ2v) is 7.22. The third-order valence-electron chi connectivity index (χ3n) is 5.16. The third kappa shape index (κ3) is 3.74. The summed E-state index contributed by atoms with van der Waals surface area (Å²) in [5, 5.41) is 6.85. The molecule has 2 aliphatic heterocycles. The van der Waals surface area contributed by atoms with Gasteiger partial charge in [0.1, 0.15) is 0 Å². The van der Waals surface area contributed by atoms with Crippen molar-refractivity contribution < 1.29 is 4.79 Å². The van der Waals surface area contributed by atoms with Crippen LogP contribution in [0.1, 0.15) is 12.5 Å². The van der Waals surface area contributed by atoms with E-state index in [2.05, 4.69) is 40.7 Å². The number of hydrogen-bond acceptors (Lipinski definition) is 4. The van der Waals surface area contributed by atoms with Crippen LogP contribution in [0.15, 0.2) is 48.5 Å². The Hall–Kier alpha value is -2.37. The standard InChI is InChI=1S/C21H26N4O/c1-16-14-24(12-10-22-16)15-21(26)25-11-9-17-7-8-19(13-20(17)25)23-18-5-3-2-4-6-18/h2-8,13,16,22-23H,9-12,14-15H2,1H3/t16-/m1/s1. The highest BCUT2D eigenvalue weighted by atomic mass is 16.2. The zero-order chi connectivity index (χ0) is 17.9. The highest BCUT2D eigenvalue weighted by molar-refractivity contribution is 5.97. The SMILES string of the molecule is C[C@@H]1CN(CC(=O)N2CCc3ccc(Nc4ccccc4)cc32)CCN1. The van der Waals surface area contributed by atoms with Gasteiger partial charge in [0.15, 0.2) is 0 Å². The van der Waals surface area contributed by atoms with Crippen molar-refractivity contribution in [1.29, 1.82) is 0 Å². The number of nitrogens with zero attached hydrogens (tertiary/aromatic N) is 2.